The molecule has 0 saturated carbocycles. The van der Waals surface area contributed by atoms with E-state index in [1.165, 1.54) is 32.0 Å². The fourth-order valence-corrected chi connectivity index (χ4v) is 5.48. The van der Waals surface area contributed by atoms with Crippen molar-refractivity contribution >= 4 is 51.1 Å². The third-order valence-electron chi connectivity index (χ3n) is 4.79. The average Bonchev–Trinajstić information content (AvgIpc) is 2.79. The lowest BCUT2D eigenvalue weighted by molar-refractivity contribution is 0.0600. The fraction of sp³-hybridized carbons (Fsp3) is 0.167. The van der Waals surface area contributed by atoms with Gasteiger partial charge in [-0.2, -0.15) is 0 Å². The van der Waals surface area contributed by atoms with E-state index in [9.17, 15) is 24.2 Å². The van der Waals surface area contributed by atoms with E-state index < -0.39 is 19.2 Å². The first-order valence-corrected chi connectivity index (χ1v) is 14.1. The average molecular weight is 627 g/mol. The number of amides is 1. The summed E-state index contributed by atoms with van der Waals surface area (Å²) >= 11 is 6.82. The van der Waals surface area contributed by atoms with Crippen LogP contribution in [0.4, 0.5) is 0 Å². The minimum atomic E-state index is -3.24. The first-order chi connectivity index (χ1) is 16.5. The summed E-state index contributed by atoms with van der Waals surface area (Å²) in [5.41, 5.74) is 1.82. The summed E-state index contributed by atoms with van der Waals surface area (Å²) in [6, 6.07) is 14.2. The Balaban J connectivity index is 1.73. The number of esters is 1. The van der Waals surface area contributed by atoms with Crippen molar-refractivity contribution in [2.75, 3.05) is 13.8 Å². The number of ether oxygens (including phenoxy) is 2. The Bertz CT molecular complexity index is 1280. The van der Waals surface area contributed by atoms with E-state index in [1.807, 2.05) is 0 Å². The molecule has 0 aliphatic carbocycles. The summed E-state index contributed by atoms with van der Waals surface area (Å²) in [5.74, 6) is -0.478. The van der Waals surface area contributed by atoms with Crippen molar-refractivity contribution in [3.8, 4) is 17.2 Å². The predicted molar refractivity (Wildman–Crippen MR) is 138 cm³/mol. The molecule has 3 rings (SSSR count). The van der Waals surface area contributed by atoms with Gasteiger partial charge in [-0.25, -0.2) is 4.79 Å². The number of benzene rings is 3. The van der Waals surface area contributed by atoms with Crippen molar-refractivity contribution in [2.45, 2.75) is 12.7 Å². The maximum Gasteiger partial charge on any atom is 0.337 e. The highest BCUT2D eigenvalue weighted by Gasteiger charge is 2.18. The quantitative estimate of drug-likeness (QED) is 0.213. The smallest absolute Gasteiger partial charge is 0.337 e. The van der Waals surface area contributed by atoms with Crippen LogP contribution in [-0.4, -0.2) is 35.7 Å². The lowest BCUT2D eigenvalue weighted by atomic mass is 10.1. The van der Waals surface area contributed by atoms with Crippen molar-refractivity contribution in [1.82, 2.24) is 5.32 Å². The molecule has 3 aromatic carbocycles. The molecule has 1 atom stereocenters. The Morgan fingerprint density at radius 1 is 1.00 bits per heavy atom. The van der Waals surface area contributed by atoms with Crippen molar-refractivity contribution in [1.29, 1.82) is 0 Å². The van der Waals surface area contributed by atoms with Crippen LogP contribution in [0.3, 0.4) is 0 Å². The summed E-state index contributed by atoms with van der Waals surface area (Å²) in [6.07, 6.45) is 0.0133. The van der Waals surface area contributed by atoms with Crippen molar-refractivity contribution in [2.24, 2.45) is 0 Å². The number of carbonyl (C=O) groups excluding carboxylic acids is 2. The van der Waals surface area contributed by atoms with Crippen molar-refractivity contribution < 1.29 is 33.6 Å². The SMILES string of the molecule is COC(=O)c1ccc(CNC(=O)c2cc(Oc3c(Br)cc(CP(C)(=O)O)cc3Br)ccc2O)cc1. The molecule has 0 aromatic heterocycles. The molecule has 11 heteroatoms. The number of halogens is 2. The highest BCUT2D eigenvalue weighted by Crippen LogP contribution is 2.44. The molecule has 0 saturated heterocycles. The minimum absolute atomic E-state index is 0.0133. The Hall–Kier alpha value is -2.65. The molecule has 0 spiro atoms. The molecule has 184 valence electrons. The molecule has 1 amide bonds. The zero-order valence-corrected chi connectivity index (χ0v) is 22.8. The number of hydrogen-bond donors (Lipinski definition) is 3. The van der Waals surface area contributed by atoms with Gasteiger partial charge in [0.15, 0.2) is 5.75 Å². The van der Waals surface area contributed by atoms with Gasteiger partial charge in [0.1, 0.15) is 11.5 Å². The zero-order chi connectivity index (χ0) is 25.8. The molecule has 0 bridgehead atoms. The molecule has 1 unspecified atom stereocenters. The lowest BCUT2D eigenvalue weighted by Crippen LogP contribution is -2.23. The Morgan fingerprint density at radius 2 is 1.63 bits per heavy atom. The first kappa shape index (κ1) is 26.9. The minimum Gasteiger partial charge on any atom is -0.507 e. The van der Waals surface area contributed by atoms with Gasteiger partial charge in [-0.3, -0.25) is 9.36 Å². The Labute approximate surface area is 219 Å². The third kappa shape index (κ3) is 7.41. The summed E-state index contributed by atoms with van der Waals surface area (Å²) in [7, 11) is -1.94. The molecular weight excluding hydrogens is 605 g/mol. The van der Waals surface area contributed by atoms with Gasteiger partial charge in [-0.15, -0.1) is 0 Å². The molecule has 0 aliphatic heterocycles. The number of aromatic hydroxyl groups is 1. The van der Waals surface area contributed by atoms with Gasteiger partial charge in [0.05, 0.1) is 27.2 Å². The summed E-state index contributed by atoms with van der Waals surface area (Å²) < 4.78 is 23.4. The van der Waals surface area contributed by atoms with E-state index in [-0.39, 0.29) is 24.0 Å². The molecule has 8 nitrogen and oxygen atoms in total. The van der Waals surface area contributed by atoms with Crippen LogP contribution in [0.5, 0.6) is 17.2 Å². The van der Waals surface area contributed by atoms with Crippen LogP contribution in [-0.2, 0) is 22.0 Å². The molecule has 3 N–H and O–H groups in total. The standard InChI is InChI=1S/C24H22Br2NO7P/c1-33-24(30)16-5-3-14(4-6-16)12-27-23(29)18-11-17(7-8-21(18)28)34-22-19(25)9-15(10-20(22)26)13-35(2,31)32/h3-11,28H,12-13H2,1-2H3,(H,27,29)(H,31,32). The van der Waals surface area contributed by atoms with Gasteiger partial charge in [0, 0.05) is 19.4 Å². The topological polar surface area (TPSA) is 122 Å². The van der Waals surface area contributed by atoms with Crippen molar-refractivity contribution in [3.63, 3.8) is 0 Å². The molecule has 3 aromatic rings. The van der Waals surface area contributed by atoms with E-state index in [0.717, 1.165) is 5.56 Å². The molecule has 35 heavy (non-hydrogen) atoms. The summed E-state index contributed by atoms with van der Waals surface area (Å²) in [4.78, 5) is 33.9. The molecular formula is C24H22Br2NO7P. The van der Waals surface area contributed by atoms with Crippen LogP contribution in [0.15, 0.2) is 63.5 Å². The van der Waals surface area contributed by atoms with Gasteiger partial charge in [-0.05, 0) is 85.5 Å². The number of phenols is 1. The van der Waals surface area contributed by atoms with Gasteiger partial charge >= 0.3 is 5.97 Å². The maximum absolute atomic E-state index is 12.7. The van der Waals surface area contributed by atoms with Crippen LogP contribution in [0.25, 0.3) is 0 Å². The van der Waals surface area contributed by atoms with Crippen molar-refractivity contribution in [3.05, 3.63) is 85.8 Å². The maximum atomic E-state index is 12.7. The highest BCUT2D eigenvalue weighted by atomic mass is 79.9. The highest BCUT2D eigenvalue weighted by molar-refractivity contribution is 9.11. The van der Waals surface area contributed by atoms with E-state index >= 15 is 0 Å². The van der Waals surface area contributed by atoms with Crippen LogP contribution >= 0.6 is 39.2 Å². The van der Waals surface area contributed by atoms with Crippen LogP contribution in [0, 0.1) is 0 Å². The summed E-state index contributed by atoms with van der Waals surface area (Å²) in [5, 5.41) is 12.9. The molecule has 0 radical (unpaired) electrons. The lowest BCUT2D eigenvalue weighted by Gasteiger charge is -2.14. The largest absolute Gasteiger partial charge is 0.507 e. The second-order valence-corrected chi connectivity index (χ2v) is 11.9. The van der Waals surface area contributed by atoms with E-state index in [4.69, 9.17) is 4.74 Å². The Kier molecular flexibility index (Phi) is 8.77. The summed E-state index contributed by atoms with van der Waals surface area (Å²) in [6.45, 7) is 1.47. The second-order valence-electron chi connectivity index (χ2n) is 7.75. The van der Waals surface area contributed by atoms with Gasteiger partial charge < -0.3 is 24.8 Å². The molecule has 0 fully saturated rings. The van der Waals surface area contributed by atoms with Gasteiger partial charge in [0.25, 0.3) is 5.91 Å². The van der Waals surface area contributed by atoms with E-state index in [2.05, 4.69) is 41.9 Å². The third-order valence-corrected chi connectivity index (χ3v) is 6.92. The Morgan fingerprint density at radius 3 is 2.20 bits per heavy atom. The second kappa shape index (κ2) is 11.4. The normalized spacial score (nSPS) is 12.5. The number of hydrogen-bond acceptors (Lipinski definition) is 6. The molecule has 0 heterocycles. The van der Waals surface area contributed by atoms with Crippen LogP contribution in [0.1, 0.15) is 31.8 Å². The number of rotatable bonds is 8. The fourth-order valence-electron chi connectivity index (χ4n) is 3.17. The number of methoxy groups -OCH3 is 1. The molecule has 0 aliphatic rings. The van der Waals surface area contributed by atoms with E-state index in [0.29, 0.717) is 31.6 Å². The first-order valence-electron chi connectivity index (χ1n) is 10.2. The number of carbonyl (C=O) groups is 2. The zero-order valence-electron chi connectivity index (χ0n) is 18.7. The van der Waals surface area contributed by atoms with Crippen LogP contribution < -0.4 is 10.1 Å². The monoisotopic (exact) mass is 625 g/mol. The number of nitrogens with one attached hydrogen (secondary N) is 1. The van der Waals surface area contributed by atoms with Gasteiger partial charge in [0.2, 0.25) is 7.37 Å². The van der Waals surface area contributed by atoms with Crippen LogP contribution in [0.2, 0.25) is 0 Å². The van der Waals surface area contributed by atoms with E-state index in [1.54, 1.807) is 36.4 Å². The van der Waals surface area contributed by atoms with Gasteiger partial charge in [-0.1, -0.05) is 12.1 Å². The number of phenolic OH excluding ortho intramolecular Hbond substituents is 1. The predicted octanol–water partition coefficient (Wildman–Crippen LogP) is 5.83.